The lowest BCUT2D eigenvalue weighted by Gasteiger charge is -2.40. The molecule has 1 aliphatic heterocycles. The second-order valence-electron chi connectivity index (χ2n) is 9.02. The number of hydrogen-bond acceptors (Lipinski definition) is 6. The van der Waals surface area contributed by atoms with Crippen molar-refractivity contribution in [2.75, 3.05) is 19.6 Å². The SMILES string of the molecule is CC(C)(C)OC(=O)N1CCN(C(=O)OCc2ccccc2)CC1C(=O)OC1CCCC1. The van der Waals surface area contributed by atoms with Crippen molar-refractivity contribution in [1.82, 2.24) is 9.80 Å². The molecule has 1 unspecified atom stereocenters. The number of hydrogen-bond donors (Lipinski definition) is 0. The Morgan fingerprint density at radius 3 is 2.32 bits per heavy atom. The summed E-state index contributed by atoms with van der Waals surface area (Å²) < 4.78 is 16.5. The zero-order valence-corrected chi connectivity index (χ0v) is 18.5. The third-order valence-electron chi connectivity index (χ3n) is 5.33. The zero-order valence-electron chi connectivity index (χ0n) is 18.5. The number of amides is 2. The molecule has 0 aromatic heterocycles. The van der Waals surface area contributed by atoms with Crippen molar-refractivity contribution in [2.24, 2.45) is 0 Å². The van der Waals surface area contributed by atoms with E-state index in [2.05, 4.69) is 0 Å². The molecule has 2 aliphatic rings. The van der Waals surface area contributed by atoms with Crippen molar-refractivity contribution >= 4 is 18.2 Å². The maximum absolute atomic E-state index is 12.9. The first-order valence-electron chi connectivity index (χ1n) is 10.9. The van der Waals surface area contributed by atoms with Crippen molar-refractivity contribution in [3.8, 4) is 0 Å². The molecule has 8 heteroatoms. The monoisotopic (exact) mass is 432 g/mol. The Hall–Kier alpha value is -2.77. The molecule has 1 saturated heterocycles. The van der Waals surface area contributed by atoms with Gasteiger partial charge in [0.25, 0.3) is 0 Å². The van der Waals surface area contributed by atoms with Crippen molar-refractivity contribution in [1.29, 1.82) is 0 Å². The smallest absolute Gasteiger partial charge is 0.411 e. The van der Waals surface area contributed by atoms with Gasteiger partial charge in [0.15, 0.2) is 6.04 Å². The van der Waals surface area contributed by atoms with E-state index in [0.29, 0.717) is 0 Å². The summed E-state index contributed by atoms with van der Waals surface area (Å²) in [6.07, 6.45) is 2.46. The summed E-state index contributed by atoms with van der Waals surface area (Å²) in [6, 6.07) is 8.45. The van der Waals surface area contributed by atoms with Crippen LogP contribution < -0.4 is 0 Å². The van der Waals surface area contributed by atoms with E-state index in [0.717, 1.165) is 31.2 Å². The van der Waals surface area contributed by atoms with Gasteiger partial charge in [-0.3, -0.25) is 4.90 Å². The third-order valence-corrected chi connectivity index (χ3v) is 5.33. The van der Waals surface area contributed by atoms with Gasteiger partial charge in [-0.25, -0.2) is 14.4 Å². The quantitative estimate of drug-likeness (QED) is 0.532. The molecule has 1 heterocycles. The van der Waals surface area contributed by atoms with Crippen LogP contribution in [-0.4, -0.2) is 65.3 Å². The summed E-state index contributed by atoms with van der Waals surface area (Å²) >= 11 is 0. The van der Waals surface area contributed by atoms with Crippen molar-refractivity contribution in [3.05, 3.63) is 35.9 Å². The van der Waals surface area contributed by atoms with E-state index in [-0.39, 0.29) is 32.3 Å². The van der Waals surface area contributed by atoms with Crippen LogP contribution in [0.3, 0.4) is 0 Å². The second kappa shape index (κ2) is 10.0. The molecular formula is C23H32N2O6. The molecule has 1 saturated carbocycles. The predicted octanol–water partition coefficient (Wildman–Crippen LogP) is 3.73. The average molecular weight is 433 g/mol. The Bertz CT molecular complexity index is 770. The molecule has 3 rings (SSSR count). The van der Waals surface area contributed by atoms with Crippen LogP contribution in [0.15, 0.2) is 30.3 Å². The van der Waals surface area contributed by atoms with Gasteiger partial charge in [-0.2, -0.15) is 0 Å². The molecular weight excluding hydrogens is 400 g/mol. The highest BCUT2D eigenvalue weighted by molar-refractivity contribution is 5.83. The molecule has 1 aromatic carbocycles. The molecule has 2 fully saturated rings. The van der Waals surface area contributed by atoms with E-state index in [9.17, 15) is 14.4 Å². The molecule has 1 aliphatic carbocycles. The molecule has 31 heavy (non-hydrogen) atoms. The third kappa shape index (κ3) is 6.60. The lowest BCUT2D eigenvalue weighted by molar-refractivity contribution is -0.157. The minimum absolute atomic E-state index is 0.0123. The number of esters is 1. The summed E-state index contributed by atoms with van der Waals surface area (Å²) in [4.78, 5) is 41.1. The van der Waals surface area contributed by atoms with Crippen molar-refractivity contribution < 1.29 is 28.6 Å². The second-order valence-corrected chi connectivity index (χ2v) is 9.02. The molecule has 0 bridgehead atoms. The van der Waals surface area contributed by atoms with Crippen LogP contribution in [0.2, 0.25) is 0 Å². The summed E-state index contributed by atoms with van der Waals surface area (Å²) in [5, 5.41) is 0. The highest BCUT2D eigenvalue weighted by Crippen LogP contribution is 2.24. The normalized spacial score (nSPS) is 19.8. The van der Waals surface area contributed by atoms with Gasteiger partial charge in [-0.15, -0.1) is 0 Å². The number of benzene rings is 1. The molecule has 0 spiro atoms. The maximum Gasteiger partial charge on any atom is 0.411 e. The Morgan fingerprint density at radius 1 is 1.00 bits per heavy atom. The van der Waals surface area contributed by atoms with E-state index >= 15 is 0 Å². The van der Waals surface area contributed by atoms with Gasteiger partial charge in [0.1, 0.15) is 18.3 Å². The summed E-state index contributed by atoms with van der Waals surface area (Å²) in [6.45, 7) is 5.89. The number of ether oxygens (including phenoxy) is 3. The van der Waals surface area contributed by atoms with Crippen LogP contribution in [0.1, 0.15) is 52.0 Å². The summed E-state index contributed by atoms with van der Waals surface area (Å²) in [5.74, 6) is -0.502. The maximum atomic E-state index is 12.9. The standard InChI is InChI=1S/C23H32N2O6/c1-23(2,3)31-22(28)25-14-13-24(21(27)29-16-17-9-5-4-6-10-17)15-19(25)20(26)30-18-11-7-8-12-18/h4-6,9-10,18-19H,7-8,11-16H2,1-3H3. The molecule has 170 valence electrons. The van der Waals surface area contributed by atoms with Crippen LogP contribution >= 0.6 is 0 Å². The van der Waals surface area contributed by atoms with Crippen molar-refractivity contribution in [3.63, 3.8) is 0 Å². The highest BCUT2D eigenvalue weighted by atomic mass is 16.6. The Balaban J connectivity index is 1.66. The number of piperazine rings is 1. The first-order valence-corrected chi connectivity index (χ1v) is 10.9. The van der Waals surface area contributed by atoms with Gasteiger partial charge >= 0.3 is 18.2 Å². The van der Waals surface area contributed by atoms with Crippen LogP contribution in [0.5, 0.6) is 0 Å². The Labute approximate surface area is 183 Å². The molecule has 0 radical (unpaired) electrons. The van der Waals surface area contributed by atoms with Crippen LogP contribution in [0, 0.1) is 0 Å². The largest absolute Gasteiger partial charge is 0.461 e. The van der Waals surface area contributed by atoms with Gasteiger partial charge in [0.05, 0.1) is 6.54 Å². The fourth-order valence-corrected chi connectivity index (χ4v) is 3.75. The van der Waals surface area contributed by atoms with Gasteiger partial charge < -0.3 is 19.1 Å². The Kier molecular flexibility index (Phi) is 7.41. The molecule has 1 aromatic rings. The van der Waals surface area contributed by atoms with Gasteiger partial charge in [-0.1, -0.05) is 30.3 Å². The van der Waals surface area contributed by atoms with Gasteiger partial charge in [-0.05, 0) is 52.0 Å². The summed E-state index contributed by atoms with van der Waals surface area (Å²) in [7, 11) is 0. The van der Waals surface area contributed by atoms with E-state index in [1.807, 2.05) is 30.3 Å². The van der Waals surface area contributed by atoms with E-state index in [1.54, 1.807) is 20.8 Å². The van der Waals surface area contributed by atoms with E-state index in [1.165, 1.54) is 9.80 Å². The van der Waals surface area contributed by atoms with Crippen LogP contribution in [-0.2, 0) is 25.6 Å². The van der Waals surface area contributed by atoms with Crippen LogP contribution in [0.25, 0.3) is 0 Å². The number of carbonyl (C=O) groups is 3. The number of carbonyl (C=O) groups excluding carboxylic acids is 3. The predicted molar refractivity (Wildman–Crippen MR) is 113 cm³/mol. The topological polar surface area (TPSA) is 85.4 Å². The Morgan fingerprint density at radius 2 is 1.68 bits per heavy atom. The van der Waals surface area contributed by atoms with Gasteiger partial charge in [0, 0.05) is 13.1 Å². The molecule has 8 nitrogen and oxygen atoms in total. The minimum Gasteiger partial charge on any atom is -0.461 e. The summed E-state index contributed by atoms with van der Waals surface area (Å²) in [5.41, 5.74) is 0.184. The number of rotatable bonds is 4. The average Bonchev–Trinajstić information content (AvgIpc) is 3.24. The highest BCUT2D eigenvalue weighted by Gasteiger charge is 2.41. The molecule has 1 atom stereocenters. The number of nitrogens with zero attached hydrogens (tertiary/aromatic N) is 2. The lowest BCUT2D eigenvalue weighted by atomic mass is 10.1. The van der Waals surface area contributed by atoms with E-state index in [4.69, 9.17) is 14.2 Å². The first kappa shape index (κ1) is 22.9. The first-order chi connectivity index (χ1) is 14.7. The molecule has 0 N–H and O–H groups in total. The van der Waals surface area contributed by atoms with Crippen molar-refractivity contribution in [2.45, 2.75) is 70.8 Å². The fraction of sp³-hybridized carbons (Fsp3) is 0.609. The van der Waals surface area contributed by atoms with E-state index < -0.39 is 29.8 Å². The fourth-order valence-electron chi connectivity index (χ4n) is 3.75. The minimum atomic E-state index is -0.923. The zero-order chi connectivity index (χ0) is 22.4. The molecule has 2 amide bonds. The van der Waals surface area contributed by atoms with Crippen LogP contribution in [0.4, 0.5) is 9.59 Å². The van der Waals surface area contributed by atoms with Gasteiger partial charge in [0.2, 0.25) is 0 Å². The lowest BCUT2D eigenvalue weighted by Crippen LogP contribution is -2.60.